The van der Waals surface area contributed by atoms with Gasteiger partial charge >= 0.3 is 0 Å². The van der Waals surface area contributed by atoms with Crippen LogP contribution in [0.25, 0.3) is 0 Å². The Bertz CT molecular complexity index is 621. The monoisotopic (exact) mass is 315 g/mol. The molecule has 0 spiro atoms. The number of hydrogen-bond donors (Lipinski definition) is 1. The van der Waals surface area contributed by atoms with Crippen LogP contribution in [0.15, 0.2) is 17.8 Å². The van der Waals surface area contributed by atoms with Crippen LogP contribution in [-0.4, -0.2) is 34.8 Å². The lowest BCUT2D eigenvalue weighted by molar-refractivity contribution is 0.381. The first kappa shape index (κ1) is 14.1. The summed E-state index contributed by atoms with van der Waals surface area (Å²) in [6.45, 7) is 4.17. The second kappa shape index (κ2) is 6.30. The number of fused-ring (bicyclic) bond motifs is 1. The van der Waals surface area contributed by atoms with Gasteiger partial charge in [-0.25, -0.2) is 0 Å². The summed E-state index contributed by atoms with van der Waals surface area (Å²) in [6, 6.07) is 2.27. The maximum absolute atomic E-state index is 4.43. The zero-order valence-electron chi connectivity index (χ0n) is 12.7. The van der Waals surface area contributed by atoms with E-state index >= 15 is 0 Å². The molecule has 1 aliphatic carbocycles. The van der Waals surface area contributed by atoms with Gasteiger partial charge in [0.15, 0.2) is 5.82 Å². The molecule has 1 aliphatic heterocycles. The highest BCUT2D eigenvalue weighted by molar-refractivity contribution is 7.09. The molecule has 0 saturated carbocycles. The van der Waals surface area contributed by atoms with Crippen LogP contribution < -0.4 is 10.2 Å². The Kier molecular flexibility index (Phi) is 4.03. The number of rotatable bonds is 5. The van der Waals surface area contributed by atoms with Gasteiger partial charge in [-0.3, -0.25) is 4.98 Å². The molecule has 0 bridgehead atoms. The first-order valence-electron chi connectivity index (χ1n) is 8.07. The van der Waals surface area contributed by atoms with Gasteiger partial charge in [-0.1, -0.05) is 0 Å². The van der Waals surface area contributed by atoms with E-state index < -0.39 is 0 Å². The quantitative estimate of drug-likeness (QED) is 0.915. The highest BCUT2D eigenvalue weighted by Crippen LogP contribution is 2.26. The topological polar surface area (TPSA) is 53.9 Å². The van der Waals surface area contributed by atoms with Gasteiger partial charge < -0.3 is 10.2 Å². The van der Waals surface area contributed by atoms with Gasteiger partial charge in [0.1, 0.15) is 0 Å². The zero-order chi connectivity index (χ0) is 14.8. The molecule has 0 radical (unpaired) electrons. The van der Waals surface area contributed by atoms with Crippen molar-refractivity contribution in [3.63, 3.8) is 0 Å². The van der Waals surface area contributed by atoms with Crippen LogP contribution >= 0.6 is 11.3 Å². The van der Waals surface area contributed by atoms with E-state index in [2.05, 4.69) is 31.5 Å². The molecule has 3 heterocycles. The SMILES string of the molecule is c1ncc(CNCC2CN(c3cc4c(nn3)CCCC4)C2)s1. The molecule has 22 heavy (non-hydrogen) atoms. The van der Waals surface area contributed by atoms with E-state index in [1.54, 1.807) is 11.3 Å². The minimum atomic E-state index is 0.714. The number of anilines is 1. The molecule has 0 aromatic carbocycles. The maximum Gasteiger partial charge on any atom is 0.151 e. The van der Waals surface area contributed by atoms with Crippen molar-refractivity contribution in [2.45, 2.75) is 32.2 Å². The largest absolute Gasteiger partial charge is 0.354 e. The van der Waals surface area contributed by atoms with Crippen molar-refractivity contribution in [1.29, 1.82) is 0 Å². The average molecular weight is 315 g/mol. The number of aryl methyl sites for hydroxylation is 2. The summed E-state index contributed by atoms with van der Waals surface area (Å²) in [5.74, 6) is 1.78. The van der Waals surface area contributed by atoms with Gasteiger partial charge in [0.05, 0.1) is 11.2 Å². The molecule has 2 aromatic rings. The van der Waals surface area contributed by atoms with Crippen LogP contribution in [0.1, 0.15) is 29.0 Å². The molecule has 0 atom stereocenters. The molecule has 5 nitrogen and oxygen atoms in total. The lowest BCUT2D eigenvalue weighted by atomic mass is 9.95. The highest BCUT2D eigenvalue weighted by atomic mass is 32.1. The van der Waals surface area contributed by atoms with Crippen molar-refractivity contribution in [1.82, 2.24) is 20.5 Å². The predicted octanol–water partition coefficient (Wildman–Crippen LogP) is 2.04. The number of aromatic nitrogens is 3. The summed E-state index contributed by atoms with van der Waals surface area (Å²) in [4.78, 5) is 7.75. The number of hydrogen-bond acceptors (Lipinski definition) is 6. The second-order valence-electron chi connectivity index (χ2n) is 6.25. The number of nitrogens with one attached hydrogen (secondary N) is 1. The molecule has 1 fully saturated rings. The van der Waals surface area contributed by atoms with Gasteiger partial charge in [0, 0.05) is 43.2 Å². The van der Waals surface area contributed by atoms with Crippen molar-refractivity contribution < 1.29 is 0 Å². The summed E-state index contributed by atoms with van der Waals surface area (Å²) in [5.41, 5.74) is 4.53. The van der Waals surface area contributed by atoms with E-state index in [4.69, 9.17) is 0 Å². The Morgan fingerprint density at radius 3 is 3.00 bits per heavy atom. The molecule has 0 unspecified atom stereocenters. The normalized spacial score (nSPS) is 18.1. The Labute approximate surface area is 134 Å². The maximum atomic E-state index is 4.43. The summed E-state index contributed by atoms with van der Waals surface area (Å²) in [7, 11) is 0. The van der Waals surface area contributed by atoms with Crippen molar-refractivity contribution in [2.24, 2.45) is 5.92 Å². The van der Waals surface area contributed by atoms with Crippen LogP contribution in [-0.2, 0) is 19.4 Å². The van der Waals surface area contributed by atoms with Crippen LogP contribution in [0.2, 0.25) is 0 Å². The second-order valence-corrected chi connectivity index (χ2v) is 7.22. The lowest BCUT2D eigenvalue weighted by Gasteiger charge is -2.40. The van der Waals surface area contributed by atoms with Gasteiger partial charge in [-0.05, 0) is 37.3 Å². The fourth-order valence-electron chi connectivity index (χ4n) is 3.25. The van der Waals surface area contributed by atoms with Crippen LogP contribution in [0.4, 0.5) is 5.82 Å². The minimum Gasteiger partial charge on any atom is -0.354 e. The third kappa shape index (κ3) is 2.98. The van der Waals surface area contributed by atoms with Crippen LogP contribution in [0.5, 0.6) is 0 Å². The van der Waals surface area contributed by atoms with Crippen LogP contribution in [0.3, 0.4) is 0 Å². The van der Waals surface area contributed by atoms with Crippen molar-refractivity contribution >= 4 is 17.2 Å². The third-order valence-corrected chi connectivity index (χ3v) is 5.33. The van der Waals surface area contributed by atoms with E-state index in [9.17, 15) is 0 Å². The molecular weight excluding hydrogens is 294 g/mol. The fraction of sp³-hybridized carbons (Fsp3) is 0.562. The van der Waals surface area contributed by atoms with E-state index in [1.807, 2.05) is 11.7 Å². The highest BCUT2D eigenvalue weighted by Gasteiger charge is 2.28. The minimum absolute atomic E-state index is 0.714. The van der Waals surface area contributed by atoms with E-state index in [0.717, 1.165) is 38.4 Å². The molecule has 2 aliphatic rings. The Hall–Kier alpha value is -1.53. The Morgan fingerprint density at radius 2 is 2.14 bits per heavy atom. The summed E-state index contributed by atoms with van der Waals surface area (Å²) < 4.78 is 0. The van der Waals surface area contributed by atoms with E-state index in [-0.39, 0.29) is 0 Å². The molecule has 2 aromatic heterocycles. The molecule has 116 valence electrons. The molecule has 6 heteroatoms. The molecular formula is C16H21N5S. The van der Waals surface area contributed by atoms with E-state index in [0.29, 0.717) is 5.92 Å². The first-order chi connectivity index (χ1) is 10.9. The third-order valence-electron chi connectivity index (χ3n) is 4.55. The molecule has 0 amide bonds. The molecule has 1 N–H and O–H groups in total. The Morgan fingerprint density at radius 1 is 1.23 bits per heavy atom. The van der Waals surface area contributed by atoms with Gasteiger partial charge in [-0.2, -0.15) is 5.10 Å². The summed E-state index contributed by atoms with van der Waals surface area (Å²) in [6.07, 6.45) is 6.77. The van der Waals surface area contributed by atoms with Crippen LogP contribution in [0, 0.1) is 5.92 Å². The summed E-state index contributed by atoms with van der Waals surface area (Å²) in [5, 5.41) is 12.4. The van der Waals surface area contributed by atoms with Gasteiger partial charge in [-0.15, -0.1) is 16.4 Å². The van der Waals surface area contributed by atoms with Gasteiger partial charge in [0.25, 0.3) is 0 Å². The fourth-order valence-corrected chi connectivity index (χ4v) is 3.81. The predicted molar refractivity (Wildman–Crippen MR) is 88.2 cm³/mol. The Balaban J connectivity index is 1.26. The summed E-state index contributed by atoms with van der Waals surface area (Å²) >= 11 is 1.71. The molecule has 4 rings (SSSR count). The lowest BCUT2D eigenvalue weighted by Crippen LogP contribution is -2.51. The van der Waals surface area contributed by atoms with Gasteiger partial charge in [0.2, 0.25) is 0 Å². The molecule has 1 saturated heterocycles. The zero-order valence-corrected chi connectivity index (χ0v) is 13.5. The number of nitrogens with zero attached hydrogens (tertiary/aromatic N) is 4. The van der Waals surface area contributed by atoms with Crippen molar-refractivity contribution in [3.8, 4) is 0 Å². The smallest absolute Gasteiger partial charge is 0.151 e. The number of thiazole rings is 1. The van der Waals surface area contributed by atoms with Crippen molar-refractivity contribution in [2.75, 3.05) is 24.5 Å². The van der Waals surface area contributed by atoms with Crippen molar-refractivity contribution in [3.05, 3.63) is 33.9 Å². The standard InChI is InChI=1S/C16H21N5S/c1-2-4-15-13(3-1)5-16(20-19-15)21-9-12(10-21)6-17-7-14-8-18-11-22-14/h5,8,11-12,17H,1-4,6-7,9-10H2. The first-order valence-corrected chi connectivity index (χ1v) is 8.95. The van der Waals surface area contributed by atoms with E-state index in [1.165, 1.54) is 35.4 Å². The average Bonchev–Trinajstić information content (AvgIpc) is 3.02.